The SMILES string of the molecule is B.CSC.NCCC(O)c1cc(Br)ccc1F. The molecular formula is C11H20BBrFNOS. The molecule has 17 heavy (non-hydrogen) atoms. The van der Waals surface area contributed by atoms with Crippen molar-refractivity contribution in [2.45, 2.75) is 12.5 Å². The van der Waals surface area contributed by atoms with E-state index in [0.717, 1.165) is 4.47 Å². The van der Waals surface area contributed by atoms with Gasteiger partial charge in [0.25, 0.3) is 0 Å². The van der Waals surface area contributed by atoms with Crippen molar-refractivity contribution in [2.75, 3.05) is 19.1 Å². The first-order valence-electron chi connectivity index (χ1n) is 4.80. The van der Waals surface area contributed by atoms with Crippen LogP contribution in [-0.4, -0.2) is 32.6 Å². The monoisotopic (exact) mass is 323 g/mol. The summed E-state index contributed by atoms with van der Waals surface area (Å²) in [6.07, 6.45) is 3.63. The van der Waals surface area contributed by atoms with Crippen molar-refractivity contribution in [1.82, 2.24) is 0 Å². The van der Waals surface area contributed by atoms with Crippen molar-refractivity contribution in [3.63, 3.8) is 0 Å². The van der Waals surface area contributed by atoms with Crippen LogP contribution in [0, 0.1) is 5.82 Å². The fourth-order valence-corrected chi connectivity index (χ4v) is 1.46. The topological polar surface area (TPSA) is 46.2 Å². The van der Waals surface area contributed by atoms with Crippen LogP contribution in [0.4, 0.5) is 4.39 Å². The second-order valence-electron chi connectivity index (χ2n) is 3.17. The standard InChI is InChI=1S/C9H11BrFNO.C2H6S.BH3/c10-6-1-2-8(11)7(5-6)9(13)3-4-12;1-3-2;/h1-2,5,9,13H,3-4,12H2;1-2H3;1H3. The predicted octanol–water partition coefficient (Wildman–Crippen LogP) is 1.77. The molecule has 1 unspecified atom stereocenters. The number of nitrogens with two attached hydrogens (primary N) is 1. The Bertz CT molecular complexity index is 318. The third kappa shape index (κ3) is 7.81. The molecule has 0 aliphatic heterocycles. The van der Waals surface area contributed by atoms with Crippen molar-refractivity contribution >= 4 is 36.1 Å². The van der Waals surface area contributed by atoms with Gasteiger partial charge in [0.2, 0.25) is 0 Å². The molecule has 0 bridgehead atoms. The van der Waals surface area contributed by atoms with Crippen LogP contribution in [-0.2, 0) is 0 Å². The van der Waals surface area contributed by atoms with Gasteiger partial charge in [0.15, 0.2) is 0 Å². The van der Waals surface area contributed by atoms with Crippen molar-refractivity contribution in [3.05, 3.63) is 34.1 Å². The largest absolute Gasteiger partial charge is 0.388 e. The minimum atomic E-state index is -0.817. The Morgan fingerprint density at radius 1 is 1.47 bits per heavy atom. The van der Waals surface area contributed by atoms with E-state index in [-0.39, 0.29) is 8.41 Å². The summed E-state index contributed by atoms with van der Waals surface area (Å²) in [7, 11) is 0. The minimum Gasteiger partial charge on any atom is -0.388 e. The van der Waals surface area contributed by atoms with Gasteiger partial charge in [-0.2, -0.15) is 11.8 Å². The number of aliphatic hydroxyl groups excluding tert-OH is 1. The van der Waals surface area contributed by atoms with Crippen LogP contribution in [0.2, 0.25) is 0 Å². The van der Waals surface area contributed by atoms with Crippen LogP contribution >= 0.6 is 27.7 Å². The maximum atomic E-state index is 13.1. The summed E-state index contributed by atoms with van der Waals surface area (Å²) in [4.78, 5) is 0. The lowest BCUT2D eigenvalue weighted by atomic mass is 10.1. The highest BCUT2D eigenvalue weighted by Gasteiger charge is 2.11. The quantitative estimate of drug-likeness (QED) is 0.833. The maximum Gasteiger partial charge on any atom is 0.129 e. The molecule has 98 valence electrons. The van der Waals surface area contributed by atoms with Crippen LogP contribution in [0.1, 0.15) is 18.1 Å². The van der Waals surface area contributed by atoms with Crippen LogP contribution in [0.25, 0.3) is 0 Å². The normalized spacial score (nSPS) is 10.9. The fraction of sp³-hybridized carbons (Fsp3) is 0.455. The molecule has 1 aromatic rings. The van der Waals surface area contributed by atoms with E-state index in [1.54, 1.807) is 23.9 Å². The van der Waals surface area contributed by atoms with E-state index in [4.69, 9.17) is 5.73 Å². The van der Waals surface area contributed by atoms with Gasteiger partial charge in [0.1, 0.15) is 5.82 Å². The lowest BCUT2D eigenvalue weighted by Crippen LogP contribution is -2.08. The van der Waals surface area contributed by atoms with E-state index in [2.05, 4.69) is 15.9 Å². The van der Waals surface area contributed by atoms with Gasteiger partial charge in [-0.1, -0.05) is 15.9 Å². The van der Waals surface area contributed by atoms with E-state index in [1.165, 1.54) is 6.07 Å². The molecule has 1 aromatic carbocycles. The number of thioether (sulfide) groups is 1. The molecule has 0 aliphatic carbocycles. The molecule has 0 fully saturated rings. The zero-order chi connectivity index (χ0) is 12.6. The summed E-state index contributed by atoms with van der Waals surface area (Å²) >= 11 is 4.96. The molecule has 0 spiro atoms. The lowest BCUT2D eigenvalue weighted by molar-refractivity contribution is 0.165. The molecule has 3 N–H and O–H groups in total. The first kappa shape index (κ1) is 19.3. The van der Waals surface area contributed by atoms with Gasteiger partial charge < -0.3 is 10.8 Å². The Hall–Kier alpha value is -0.0351. The van der Waals surface area contributed by atoms with Crippen molar-refractivity contribution in [3.8, 4) is 0 Å². The van der Waals surface area contributed by atoms with E-state index in [1.807, 2.05) is 12.5 Å². The van der Waals surface area contributed by atoms with Crippen molar-refractivity contribution in [1.29, 1.82) is 0 Å². The Morgan fingerprint density at radius 2 is 2.00 bits per heavy atom. The lowest BCUT2D eigenvalue weighted by Gasteiger charge is -2.10. The Balaban J connectivity index is 0. The summed E-state index contributed by atoms with van der Waals surface area (Å²) < 4.78 is 13.9. The van der Waals surface area contributed by atoms with Crippen LogP contribution in [0.5, 0.6) is 0 Å². The van der Waals surface area contributed by atoms with Gasteiger partial charge in [-0.25, -0.2) is 4.39 Å². The summed E-state index contributed by atoms with van der Waals surface area (Å²) in [5.41, 5.74) is 5.55. The first-order chi connectivity index (χ1) is 7.56. The van der Waals surface area contributed by atoms with Gasteiger partial charge in [-0.15, -0.1) is 0 Å². The number of rotatable bonds is 3. The van der Waals surface area contributed by atoms with Gasteiger partial charge in [0.05, 0.1) is 14.5 Å². The first-order valence-corrected chi connectivity index (χ1v) is 7.22. The molecule has 0 saturated carbocycles. The molecule has 0 amide bonds. The van der Waals surface area contributed by atoms with E-state index in [9.17, 15) is 9.50 Å². The number of aliphatic hydroxyl groups is 1. The third-order valence-electron chi connectivity index (χ3n) is 1.76. The molecule has 0 saturated heterocycles. The smallest absolute Gasteiger partial charge is 0.129 e. The third-order valence-corrected chi connectivity index (χ3v) is 2.25. The number of hydrogen-bond donors (Lipinski definition) is 2. The average molecular weight is 324 g/mol. The predicted molar refractivity (Wildman–Crippen MR) is 82.1 cm³/mol. The number of halogens is 2. The minimum absolute atomic E-state index is 0. The van der Waals surface area contributed by atoms with Gasteiger partial charge in [-0.05, 0) is 43.7 Å². The second-order valence-corrected chi connectivity index (χ2v) is 4.90. The fourth-order valence-electron chi connectivity index (χ4n) is 1.08. The molecule has 2 nitrogen and oxygen atoms in total. The summed E-state index contributed by atoms with van der Waals surface area (Å²) in [6.45, 7) is 0.340. The highest BCUT2D eigenvalue weighted by atomic mass is 79.9. The summed E-state index contributed by atoms with van der Waals surface area (Å²) in [5.74, 6) is -0.399. The molecule has 0 aromatic heterocycles. The number of benzene rings is 1. The zero-order valence-corrected chi connectivity index (χ0v) is 11.8. The molecule has 0 heterocycles. The average Bonchev–Trinajstić information content (AvgIpc) is 2.23. The summed E-state index contributed by atoms with van der Waals surface area (Å²) in [5, 5.41) is 9.48. The van der Waals surface area contributed by atoms with E-state index < -0.39 is 11.9 Å². The molecule has 0 aliphatic rings. The Kier molecular flexibility index (Phi) is 12.6. The van der Waals surface area contributed by atoms with Crippen molar-refractivity contribution in [2.24, 2.45) is 5.73 Å². The zero-order valence-electron chi connectivity index (χ0n) is 9.41. The molecule has 0 radical (unpaired) electrons. The van der Waals surface area contributed by atoms with E-state index >= 15 is 0 Å². The van der Waals surface area contributed by atoms with Crippen molar-refractivity contribution < 1.29 is 9.50 Å². The van der Waals surface area contributed by atoms with E-state index in [0.29, 0.717) is 18.5 Å². The van der Waals surface area contributed by atoms with Crippen LogP contribution in [0.15, 0.2) is 22.7 Å². The van der Waals surface area contributed by atoms with Crippen LogP contribution in [0.3, 0.4) is 0 Å². The highest BCUT2D eigenvalue weighted by molar-refractivity contribution is 9.10. The van der Waals surface area contributed by atoms with Gasteiger partial charge >= 0.3 is 0 Å². The highest BCUT2D eigenvalue weighted by Crippen LogP contribution is 2.23. The molecule has 6 heteroatoms. The van der Waals surface area contributed by atoms with Crippen LogP contribution < -0.4 is 5.73 Å². The van der Waals surface area contributed by atoms with Gasteiger partial charge in [-0.3, -0.25) is 0 Å². The van der Waals surface area contributed by atoms with Gasteiger partial charge in [0, 0.05) is 10.0 Å². The Morgan fingerprint density at radius 3 is 2.47 bits per heavy atom. The summed E-state index contributed by atoms with van der Waals surface area (Å²) in [6, 6.07) is 4.48. The second kappa shape index (κ2) is 11.1. The maximum absolute atomic E-state index is 13.1. The molecular weight excluding hydrogens is 304 g/mol. The molecule has 1 rings (SSSR count). The Labute approximate surface area is 117 Å². The number of hydrogen-bond acceptors (Lipinski definition) is 3. The molecule has 1 atom stereocenters.